The SMILES string of the molecule is CNc1ccc2c(c1C#CCOCCN1CCC3(CC1)CCN(c1ccc(Nc4ncc(Br)c(Nc5ccc6nccnc6c5P(C)(C)=O)n4)c(OC)c1)CC3)C(=O)N(C1CCC(=O)NC1=O)C2=O. The Morgan fingerprint density at radius 3 is 2.39 bits per heavy atom. The number of piperidine rings is 3. The van der Waals surface area contributed by atoms with Gasteiger partial charge < -0.3 is 39.8 Å². The quantitative estimate of drug-likeness (QED) is 0.0453. The van der Waals surface area contributed by atoms with Gasteiger partial charge in [0.05, 0.1) is 62.8 Å². The number of carbonyl (C=O) groups excluding carboxylic acids is 4. The average Bonchev–Trinajstić information content (AvgIpc) is 3.59. The van der Waals surface area contributed by atoms with Crippen molar-refractivity contribution in [3.63, 3.8) is 0 Å². The van der Waals surface area contributed by atoms with Crippen molar-refractivity contribution in [3.8, 4) is 17.6 Å². The van der Waals surface area contributed by atoms with Gasteiger partial charge in [-0.3, -0.25) is 39.4 Å². The average molecular weight is 1020 g/mol. The summed E-state index contributed by atoms with van der Waals surface area (Å²) in [4.78, 5) is 75.2. The van der Waals surface area contributed by atoms with Crippen LogP contribution < -0.4 is 36.2 Å². The van der Waals surface area contributed by atoms with E-state index in [2.05, 4.69) is 85.9 Å². The second-order valence-corrected chi connectivity index (χ2v) is 22.1. The Balaban J connectivity index is 0.754. The number of aromatic nitrogens is 4. The van der Waals surface area contributed by atoms with Crippen LogP contribution in [0.25, 0.3) is 11.0 Å². The number of anilines is 6. The van der Waals surface area contributed by atoms with Gasteiger partial charge in [-0.1, -0.05) is 11.8 Å². The zero-order chi connectivity index (χ0) is 48.5. The van der Waals surface area contributed by atoms with Crippen molar-refractivity contribution in [1.82, 2.24) is 35.1 Å². The molecule has 358 valence electrons. The number of benzene rings is 3. The minimum Gasteiger partial charge on any atom is -0.494 e. The Morgan fingerprint density at radius 2 is 1.65 bits per heavy atom. The van der Waals surface area contributed by atoms with Gasteiger partial charge in [-0.05, 0) is 116 Å². The van der Waals surface area contributed by atoms with E-state index in [0.717, 1.165) is 74.7 Å². The molecule has 4 aliphatic heterocycles. The van der Waals surface area contributed by atoms with Crippen LogP contribution in [-0.4, -0.2) is 133 Å². The minimum atomic E-state index is -2.78. The lowest BCUT2D eigenvalue weighted by Gasteiger charge is -2.47. The molecule has 1 unspecified atom stereocenters. The molecule has 20 heteroatoms. The Morgan fingerprint density at radius 1 is 0.913 bits per heavy atom. The largest absolute Gasteiger partial charge is 0.494 e. The minimum absolute atomic E-state index is 0.0477. The van der Waals surface area contributed by atoms with Crippen LogP contribution in [0.5, 0.6) is 5.75 Å². The summed E-state index contributed by atoms with van der Waals surface area (Å²) in [6.45, 7) is 8.75. The third kappa shape index (κ3) is 9.89. The summed E-state index contributed by atoms with van der Waals surface area (Å²) >= 11 is 3.57. The van der Waals surface area contributed by atoms with Crippen molar-refractivity contribution in [2.75, 3.05) is 94.3 Å². The van der Waals surface area contributed by atoms with E-state index < -0.39 is 36.8 Å². The van der Waals surface area contributed by atoms with E-state index >= 15 is 0 Å². The number of hydrogen-bond acceptors (Lipinski definition) is 16. The number of amides is 4. The second kappa shape index (κ2) is 19.9. The molecule has 6 heterocycles. The lowest BCUT2D eigenvalue weighted by molar-refractivity contribution is -0.136. The highest BCUT2D eigenvalue weighted by molar-refractivity contribution is 9.10. The van der Waals surface area contributed by atoms with Crippen LogP contribution in [0, 0.1) is 17.3 Å². The van der Waals surface area contributed by atoms with E-state index in [-0.39, 0.29) is 30.6 Å². The monoisotopic (exact) mass is 1020 g/mol. The molecule has 0 saturated carbocycles. The zero-order valence-corrected chi connectivity index (χ0v) is 41.3. The van der Waals surface area contributed by atoms with Gasteiger partial charge in [-0.2, -0.15) is 4.98 Å². The molecule has 69 heavy (non-hydrogen) atoms. The first-order valence-electron chi connectivity index (χ1n) is 22.9. The molecule has 4 aliphatic rings. The highest BCUT2D eigenvalue weighted by atomic mass is 79.9. The molecule has 5 aromatic rings. The first-order chi connectivity index (χ1) is 33.3. The number of methoxy groups -OCH3 is 1. The van der Waals surface area contributed by atoms with E-state index in [4.69, 9.17) is 14.5 Å². The first kappa shape index (κ1) is 47.6. The number of rotatable bonds is 13. The predicted octanol–water partition coefficient (Wildman–Crippen LogP) is 6.12. The summed E-state index contributed by atoms with van der Waals surface area (Å²) in [5.41, 5.74) is 5.28. The Bertz CT molecular complexity index is 2970. The summed E-state index contributed by atoms with van der Waals surface area (Å²) in [5.74, 6) is 5.33. The van der Waals surface area contributed by atoms with Crippen molar-refractivity contribution in [2.24, 2.45) is 5.41 Å². The molecular formula is C49H53BrN11O7P. The summed E-state index contributed by atoms with van der Waals surface area (Å²) < 4.78 is 25.9. The molecule has 0 aliphatic carbocycles. The molecule has 0 bridgehead atoms. The number of nitrogens with zero attached hydrogens (tertiary/aromatic N) is 7. The lowest BCUT2D eigenvalue weighted by Crippen LogP contribution is -2.54. The number of nitrogens with one attached hydrogen (secondary N) is 4. The number of halogens is 1. The molecule has 3 fully saturated rings. The summed E-state index contributed by atoms with van der Waals surface area (Å²) in [6.07, 6.45) is 9.46. The van der Waals surface area contributed by atoms with Crippen LogP contribution in [0.4, 0.5) is 34.5 Å². The van der Waals surface area contributed by atoms with Gasteiger partial charge in [-0.15, -0.1) is 0 Å². The molecule has 3 aromatic carbocycles. The standard InChI is InChI=1S/C49H53BrN11O7P/c1-51-34-10-8-32-41(47(65)61(46(32)64)38-13-14-40(62)57-45(38)63)31(34)6-5-26-68-27-25-59-21-15-49(16-22-59)17-23-60(24-18-49)30-7-9-35(39(28-30)67-2)56-48-54-29-33(50)44(58-48)55-37-12-11-36-42(53-20-19-52-36)43(37)69(3,4)66/h7-12,19-20,28-29,38,51H,13-18,21-27H2,1-4H3,(H,57,62,63)(H2,54,55,56,58). The van der Waals surface area contributed by atoms with Gasteiger partial charge in [0.25, 0.3) is 11.8 Å². The van der Waals surface area contributed by atoms with Crippen LogP contribution in [-0.2, 0) is 18.9 Å². The van der Waals surface area contributed by atoms with Crippen LogP contribution in [0.15, 0.2) is 65.5 Å². The summed E-state index contributed by atoms with van der Waals surface area (Å²) in [5, 5.41) is 12.6. The van der Waals surface area contributed by atoms with Crippen molar-refractivity contribution in [3.05, 3.63) is 82.2 Å². The molecule has 4 N–H and O–H groups in total. The number of hydrogen-bond donors (Lipinski definition) is 4. The van der Waals surface area contributed by atoms with Crippen LogP contribution in [0.3, 0.4) is 0 Å². The van der Waals surface area contributed by atoms with E-state index in [1.165, 1.54) is 0 Å². The van der Waals surface area contributed by atoms with E-state index in [1.54, 1.807) is 58.2 Å². The Hall–Kier alpha value is -6.45. The van der Waals surface area contributed by atoms with Crippen molar-refractivity contribution in [2.45, 2.75) is 44.6 Å². The highest BCUT2D eigenvalue weighted by Gasteiger charge is 2.46. The van der Waals surface area contributed by atoms with Gasteiger partial charge >= 0.3 is 0 Å². The maximum absolute atomic E-state index is 13.6. The molecule has 1 spiro atoms. The molecule has 2 aromatic heterocycles. The number of carbonyl (C=O) groups is 4. The van der Waals surface area contributed by atoms with E-state index in [0.29, 0.717) is 67.3 Å². The van der Waals surface area contributed by atoms with Crippen LogP contribution in [0.2, 0.25) is 0 Å². The second-order valence-electron chi connectivity index (χ2n) is 18.1. The van der Waals surface area contributed by atoms with Gasteiger partial charge in [0, 0.05) is 63.4 Å². The molecule has 9 rings (SSSR count). The van der Waals surface area contributed by atoms with Gasteiger partial charge in [0.15, 0.2) is 0 Å². The van der Waals surface area contributed by atoms with E-state index in [9.17, 15) is 23.7 Å². The van der Waals surface area contributed by atoms with Crippen molar-refractivity contribution >= 4 is 97.6 Å². The van der Waals surface area contributed by atoms with Crippen molar-refractivity contribution < 1.29 is 33.2 Å². The number of likely N-dealkylation sites (tertiary alicyclic amines) is 1. The van der Waals surface area contributed by atoms with E-state index in [1.807, 2.05) is 18.2 Å². The Kier molecular flexibility index (Phi) is 13.7. The molecule has 3 saturated heterocycles. The number of ether oxygens (including phenoxy) is 2. The third-order valence-electron chi connectivity index (χ3n) is 13.5. The maximum atomic E-state index is 13.6. The fourth-order valence-corrected chi connectivity index (χ4v) is 11.4. The summed E-state index contributed by atoms with van der Waals surface area (Å²) in [6, 6.07) is 12.0. The summed E-state index contributed by atoms with van der Waals surface area (Å²) in [7, 11) is 0.581. The van der Waals surface area contributed by atoms with Crippen LogP contribution in [0.1, 0.15) is 64.8 Å². The fraction of sp³-hybridized carbons (Fsp3) is 0.388. The number of imide groups is 2. The topological polar surface area (TPSA) is 213 Å². The fourth-order valence-electron chi connectivity index (χ4n) is 9.74. The lowest BCUT2D eigenvalue weighted by atomic mass is 9.71. The molecular weight excluding hydrogens is 965 g/mol. The van der Waals surface area contributed by atoms with Gasteiger partial charge in [0.2, 0.25) is 17.8 Å². The molecule has 1 atom stereocenters. The smallest absolute Gasteiger partial charge is 0.263 e. The third-order valence-corrected chi connectivity index (χ3v) is 15.6. The maximum Gasteiger partial charge on any atom is 0.263 e. The van der Waals surface area contributed by atoms with Crippen molar-refractivity contribution in [1.29, 1.82) is 0 Å². The zero-order valence-electron chi connectivity index (χ0n) is 38.9. The van der Waals surface area contributed by atoms with Gasteiger partial charge in [0.1, 0.15) is 36.9 Å². The Labute approximate surface area is 408 Å². The van der Waals surface area contributed by atoms with Crippen LogP contribution >= 0.6 is 23.1 Å². The molecule has 4 amide bonds. The normalized spacial score (nSPS) is 18.2. The molecule has 0 radical (unpaired) electrons. The first-order valence-corrected chi connectivity index (χ1v) is 26.3. The highest BCUT2D eigenvalue weighted by Crippen LogP contribution is 2.44. The predicted molar refractivity (Wildman–Crippen MR) is 268 cm³/mol. The van der Waals surface area contributed by atoms with Gasteiger partial charge in [-0.25, -0.2) is 4.98 Å². The number of fused-ring (bicyclic) bond motifs is 2. The molecule has 18 nitrogen and oxygen atoms in total.